The molecule has 0 spiro atoms. The smallest absolute Gasteiger partial charge is 0.293 e. The molecular formula is C26H41N3O. The Morgan fingerprint density at radius 3 is 1.90 bits per heavy atom. The van der Waals surface area contributed by atoms with Crippen molar-refractivity contribution in [3.05, 3.63) is 48.5 Å². The lowest BCUT2D eigenvalue weighted by Gasteiger charge is -2.34. The van der Waals surface area contributed by atoms with Crippen molar-refractivity contribution in [2.24, 2.45) is 15.8 Å². The zero-order chi connectivity index (χ0) is 23.0. The van der Waals surface area contributed by atoms with E-state index in [0.29, 0.717) is 11.5 Å². The van der Waals surface area contributed by atoms with Crippen molar-refractivity contribution < 1.29 is 9.67 Å². The van der Waals surface area contributed by atoms with Crippen LogP contribution in [0, 0.1) is 10.8 Å². The summed E-state index contributed by atoms with van der Waals surface area (Å²) in [7, 11) is 0. The molecule has 2 rings (SSSR count). The number of imidazole rings is 1. The second-order valence-corrected chi connectivity index (χ2v) is 12.2. The second kappa shape index (κ2) is 8.20. The molecule has 166 valence electrons. The maximum atomic E-state index is 13.5. The highest BCUT2D eigenvalue weighted by atomic mass is 16.3. The van der Waals surface area contributed by atoms with E-state index in [1.165, 1.54) is 0 Å². The Balaban J connectivity index is 2.68. The average Bonchev–Trinajstić information content (AvgIpc) is 2.98. The molecule has 0 aliphatic carbocycles. The maximum Gasteiger partial charge on any atom is 0.293 e. The molecule has 0 saturated carbocycles. The number of aliphatic imine (C=N–C) groups is 1. The summed E-state index contributed by atoms with van der Waals surface area (Å²) in [6, 6.07) is 9.50. The van der Waals surface area contributed by atoms with Crippen LogP contribution < -0.4 is 9.67 Å². The van der Waals surface area contributed by atoms with E-state index in [1.54, 1.807) is 0 Å². The van der Waals surface area contributed by atoms with Crippen molar-refractivity contribution in [1.82, 2.24) is 4.57 Å². The molecule has 1 aromatic carbocycles. The lowest BCUT2D eigenvalue weighted by atomic mass is 9.81. The Hall–Kier alpha value is -2.10. The summed E-state index contributed by atoms with van der Waals surface area (Å²) in [5, 5.41) is 13.5. The van der Waals surface area contributed by atoms with E-state index >= 15 is 0 Å². The minimum atomic E-state index is -0.224. The quantitative estimate of drug-likeness (QED) is 0.349. The summed E-state index contributed by atoms with van der Waals surface area (Å²) in [5.74, 6) is 0.442. The van der Waals surface area contributed by atoms with Gasteiger partial charge in [-0.25, -0.2) is 9.13 Å². The summed E-state index contributed by atoms with van der Waals surface area (Å²) >= 11 is 0. The van der Waals surface area contributed by atoms with Crippen molar-refractivity contribution in [3.8, 4) is 0 Å². The van der Waals surface area contributed by atoms with E-state index in [4.69, 9.17) is 0 Å². The highest BCUT2D eigenvalue weighted by Gasteiger charge is 2.40. The fourth-order valence-corrected chi connectivity index (χ4v) is 5.01. The van der Waals surface area contributed by atoms with Crippen LogP contribution in [0.25, 0.3) is 0 Å². The van der Waals surface area contributed by atoms with Gasteiger partial charge in [0.25, 0.3) is 5.82 Å². The van der Waals surface area contributed by atoms with E-state index in [0.717, 1.165) is 12.8 Å². The first-order valence-corrected chi connectivity index (χ1v) is 11.0. The van der Waals surface area contributed by atoms with Crippen LogP contribution in [-0.2, 0) is 11.1 Å². The van der Waals surface area contributed by atoms with Crippen LogP contribution in [0.3, 0.4) is 0 Å². The fraction of sp³-hybridized carbons (Fsp3) is 0.615. The molecule has 4 heteroatoms. The number of aromatic nitrogens is 2. The Kier molecular flexibility index (Phi) is 6.61. The zero-order valence-electron chi connectivity index (χ0n) is 20.7. The molecule has 0 unspecified atom stereocenters. The summed E-state index contributed by atoms with van der Waals surface area (Å²) in [6.07, 6.45) is 6.01. The number of para-hydroxylation sites is 1. The molecule has 0 radical (unpaired) electrons. The summed E-state index contributed by atoms with van der Waals surface area (Å²) in [6.45, 7) is 22.3. The topological polar surface area (TPSA) is 44.2 Å². The predicted octanol–water partition coefficient (Wildman–Crippen LogP) is 5.56. The van der Waals surface area contributed by atoms with Gasteiger partial charge in [0.05, 0.1) is 11.6 Å². The van der Waals surface area contributed by atoms with Gasteiger partial charge in [-0.2, -0.15) is 0 Å². The van der Waals surface area contributed by atoms with Crippen LogP contribution in [-0.4, -0.2) is 10.5 Å². The van der Waals surface area contributed by atoms with Crippen molar-refractivity contribution in [3.63, 3.8) is 0 Å². The van der Waals surface area contributed by atoms with Crippen LogP contribution in [0.1, 0.15) is 87.9 Å². The summed E-state index contributed by atoms with van der Waals surface area (Å²) in [5.41, 5.74) is 0.508. The van der Waals surface area contributed by atoms with Gasteiger partial charge in [-0.05, 0) is 63.5 Å². The van der Waals surface area contributed by atoms with E-state index < -0.39 is 0 Å². The highest BCUT2D eigenvalue weighted by Crippen LogP contribution is 2.34. The maximum absolute atomic E-state index is 13.5. The Bertz CT molecular complexity index is 830. The summed E-state index contributed by atoms with van der Waals surface area (Å²) < 4.78 is 4.27. The van der Waals surface area contributed by atoms with Gasteiger partial charge in [0.1, 0.15) is 23.5 Å². The number of hydrogen-bond donors (Lipinski definition) is 0. The van der Waals surface area contributed by atoms with Crippen LogP contribution in [0.4, 0.5) is 5.69 Å². The largest absolute Gasteiger partial charge is 0.853 e. The third-order valence-corrected chi connectivity index (χ3v) is 5.23. The van der Waals surface area contributed by atoms with Gasteiger partial charge < -0.3 is 5.11 Å². The molecule has 0 aliphatic rings. The molecule has 0 atom stereocenters. The van der Waals surface area contributed by atoms with Crippen LogP contribution in [0.5, 0.6) is 0 Å². The minimum absolute atomic E-state index is 0.135. The fourth-order valence-electron chi connectivity index (χ4n) is 5.01. The molecule has 0 N–H and O–H groups in total. The number of benzene rings is 1. The number of rotatable bonds is 6. The lowest BCUT2D eigenvalue weighted by Crippen LogP contribution is -2.58. The Morgan fingerprint density at radius 1 is 0.867 bits per heavy atom. The number of nitrogens with zero attached hydrogens (tertiary/aromatic N) is 3. The third kappa shape index (κ3) is 6.20. The van der Waals surface area contributed by atoms with Gasteiger partial charge in [0.15, 0.2) is 0 Å². The molecule has 30 heavy (non-hydrogen) atoms. The van der Waals surface area contributed by atoms with Gasteiger partial charge >= 0.3 is 0 Å². The molecular weight excluding hydrogens is 370 g/mol. The van der Waals surface area contributed by atoms with Crippen LogP contribution in [0.15, 0.2) is 47.7 Å². The average molecular weight is 412 g/mol. The van der Waals surface area contributed by atoms with E-state index in [-0.39, 0.29) is 27.8 Å². The van der Waals surface area contributed by atoms with Crippen molar-refractivity contribution in [2.75, 3.05) is 0 Å². The van der Waals surface area contributed by atoms with Gasteiger partial charge in [-0.1, -0.05) is 59.7 Å². The van der Waals surface area contributed by atoms with Crippen molar-refractivity contribution >= 4 is 11.6 Å². The number of hydrogen-bond acceptors (Lipinski definition) is 2. The SMILES string of the molecule is CC(C)(C)CC(C)(C)n1cc[n+](C(C)(C)CC(C)(C)C)c1/C([O-])=N/c1ccccc1. The van der Waals surface area contributed by atoms with E-state index in [9.17, 15) is 5.11 Å². The van der Waals surface area contributed by atoms with Gasteiger partial charge in [-0.3, -0.25) is 4.99 Å². The van der Waals surface area contributed by atoms with E-state index in [1.807, 2.05) is 30.3 Å². The molecule has 0 bridgehead atoms. The first-order valence-electron chi connectivity index (χ1n) is 11.0. The Morgan fingerprint density at radius 2 is 1.40 bits per heavy atom. The van der Waals surface area contributed by atoms with Gasteiger partial charge in [-0.15, -0.1) is 0 Å². The zero-order valence-corrected chi connectivity index (χ0v) is 20.7. The second-order valence-electron chi connectivity index (χ2n) is 12.2. The molecule has 0 aliphatic heterocycles. The monoisotopic (exact) mass is 411 g/mol. The first-order chi connectivity index (χ1) is 13.5. The van der Waals surface area contributed by atoms with Gasteiger partial charge in [0, 0.05) is 0 Å². The van der Waals surface area contributed by atoms with Crippen molar-refractivity contribution in [1.29, 1.82) is 0 Å². The Labute approximate surface area is 183 Å². The molecule has 0 amide bonds. The van der Waals surface area contributed by atoms with Gasteiger partial charge in [0.2, 0.25) is 0 Å². The first kappa shape index (κ1) is 24.2. The highest BCUT2D eigenvalue weighted by molar-refractivity contribution is 5.87. The molecule has 4 nitrogen and oxygen atoms in total. The van der Waals surface area contributed by atoms with Crippen molar-refractivity contribution in [2.45, 2.75) is 93.2 Å². The minimum Gasteiger partial charge on any atom is -0.853 e. The lowest BCUT2D eigenvalue weighted by molar-refractivity contribution is -0.762. The molecule has 2 aromatic rings. The van der Waals surface area contributed by atoms with Crippen LogP contribution >= 0.6 is 0 Å². The molecule has 0 fully saturated rings. The van der Waals surface area contributed by atoms with E-state index in [2.05, 4.69) is 95.8 Å². The third-order valence-electron chi connectivity index (χ3n) is 5.23. The predicted molar refractivity (Wildman–Crippen MR) is 124 cm³/mol. The van der Waals surface area contributed by atoms with Crippen LogP contribution in [0.2, 0.25) is 0 Å². The summed E-state index contributed by atoms with van der Waals surface area (Å²) in [4.78, 5) is 4.46. The molecule has 0 saturated heterocycles. The standard InChI is InChI=1S/C26H41N3O/c1-23(2,3)18-25(7,8)28-16-17-29(26(9,10)19-24(4,5)6)22(28)21(30)27-20-14-12-11-13-15-20/h11-17H,18-19H2,1-10H3. The molecule has 1 heterocycles. The normalized spacial score (nSPS) is 14.3. The molecule has 1 aromatic heterocycles.